The minimum absolute atomic E-state index is 0.305. The number of hydrogen-bond donors (Lipinski definition) is 1. The topological polar surface area (TPSA) is 38.7 Å². The van der Waals surface area contributed by atoms with E-state index in [1.54, 1.807) is 25.3 Å². The lowest BCUT2D eigenvalue weighted by molar-refractivity contribution is -0.158. The fraction of sp³-hybridized carbons (Fsp3) is 0.600. The summed E-state index contributed by atoms with van der Waals surface area (Å²) in [5, 5.41) is 11.6. The Labute approximate surface area is 119 Å². The van der Waals surface area contributed by atoms with Crippen molar-refractivity contribution in [3.8, 4) is 5.75 Å². The Morgan fingerprint density at radius 1 is 1.47 bits per heavy atom. The van der Waals surface area contributed by atoms with Gasteiger partial charge >= 0.3 is 0 Å². The Balaban J connectivity index is 2.41. The summed E-state index contributed by atoms with van der Waals surface area (Å²) in [4.78, 5) is 0. The summed E-state index contributed by atoms with van der Waals surface area (Å²) < 4.78 is 11.2. The number of hydrogen-bond acceptors (Lipinski definition) is 3. The second-order valence-electron chi connectivity index (χ2n) is 5.45. The van der Waals surface area contributed by atoms with Crippen molar-refractivity contribution < 1.29 is 14.6 Å². The smallest absolute Gasteiger partial charge is 0.125 e. The molecule has 1 fully saturated rings. The number of benzene rings is 1. The van der Waals surface area contributed by atoms with Crippen LogP contribution < -0.4 is 4.74 Å². The van der Waals surface area contributed by atoms with Gasteiger partial charge in [0.1, 0.15) is 5.75 Å². The van der Waals surface area contributed by atoms with Crippen molar-refractivity contribution in [2.45, 2.75) is 44.3 Å². The highest BCUT2D eigenvalue weighted by molar-refractivity contribution is 6.30. The quantitative estimate of drug-likeness (QED) is 0.923. The van der Waals surface area contributed by atoms with Gasteiger partial charge in [0, 0.05) is 23.4 Å². The van der Waals surface area contributed by atoms with Gasteiger partial charge in [-0.05, 0) is 31.5 Å². The summed E-state index contributed by atoms with van der Waals surface area (Å²) in [6.07, 6.45) is 1.96. The maximum Gasteiger partial charge on any atom is 0.125 e. The predicted octanol–water partition coefficient (Wildman–Crippen LogP) is 3.52. The first-order chi connectivity index (χ1) is 8.92. The van der Waals surface area contributed by atoms with Crippen molar-refractivity contribution in [2.75, 3.05) is 13.7 Å². The third kappa shape index (κ3) is 2.88. The van der Waals surface area contributed by atoms with E-state index in [1.807, 2.05) is 6.92 Å². The van der Waals surface area contributed by atoms with Crippen LogP contribution >= 0.6 is 11.6 Å². The van der Waals surface area contributed by atoms with Gasteiger partial charge in [0.05, 0.1) is 24.9 Å². The second-order valence-corrected chi connectivity index (χ2v) is 5.89. The molecule has 2 unspecified atom stereocenters. The highest BCUT2D eigenvalue weighted by atomic mass is 35.5. The standard InChI is InChI=1S/C15H21ClO3/c1-4-14(2)10-15(17,7-8-19-14)12-9-11(16)5-6-13(12)18-3/h5-6,9,17H,4,7-8,10H2,1-3H3. The van der Waals surface area contributed by atoms with E-state index in [1.165, 1.54) is 0 Å². The number of ether oxygens (including phenoxy) is 2. The number of rotatable bonds is 3. The van der Waals surface area contributed by atoms with Crippen molar-refractivity contribution in [2.24, 2.45) is 0 Å². The van der Waals surface area contributed by atoms with Crippen LogP contribution in [0, 0.1) is 0 Å². The van der Waals surface area contributed by atoms with Gasteiger partial charge in [-0.15, -0.1) is 0 Å². The average Bonchev–Trinajstić information content (AvgIpc) is 2.38. The van der Waals surface area contributed by atoms with Gasteiger partial charge in [-0.25, -0.2) is 0 Å². The van der Waals surface area contributed by atoms with E-state index in [4.69, 9.17) is 21.1 Å². The predicted molar refractivity (Wildman–Crippen MR) is 75.8 cm³/mol. The molecule has 1 aliphatic rings. The summed E-state index contributed by atoms with van der Waals surface area (Å²) in [5.74, 6) is 0.673. The third-order valence-corrected chi connectivity index (χ3v) is 4.28. The fourth-order valence-electron chi connectivity index (χ4n) is 2.73. The first-order valence-corrected chi connectivity index (χ1v) is 7.01. The lowest BCUT2D eigenvalue weighted by atomic mass is 9.77. The van der Waals surface area contributed by atoms with Crippen LogP contribution in [-0.4, -0.2) is 24.4 Å². The summed E-state index contributed by atoms with van der Waals surface area (Å²) in [6.45, 7) is 4.64. The van der Waals surface area contributed by atoms with E-state index in [2.05, 4.69) is 6.92 Å². The van der Waals surface area contributed by atoms with Crippen molar-refractivity contribution in [3.05, 3.63) is 28.8 Å². The zero-order chi connectivity index (χ0) is 14.1. The van der Waals surface area contributed by atoms with Crippen molar-refractivity contribution >= 4 is 11.6 Å². The van der Waals surface area contributed by atoms with Crippen LogP contribution in [0.15, 0.2) is 18.2 Å². The molecule has 4 heteroatoms. The van der Waals surface area contributed by atoms with Gasteiger partial charge in [-0.2, -0.15) is 0 Å². The molecule has 1 aliphatic heterocycles. The molecule has 106 valence electrons. The molecule has 0 saturated carbocycles. The Morgan fingerprint density at radius 2 is 2.21 bits per heavy atom. The highest BCUT2D eigenvalue weighted by Gasteiger charge is 2.43. The van der Waals surface area contributed by atoms with Crippen LogP contribution in [0.5, 0.6) is 5.75 Å². The van der Waals surface area contributed by atoms with Gasteiger partial charge in [0.2, 0.25) is 0 Å². The van der Waals surface area contributed by atoms with Gasteiger partial charge in [0.25, 0.3) is 0 Å². The molecule has 2 rings (SSSR count). The van der Waals surface area contributed by atoms with Gasteiger partial charge < -0.3 is 14.6 Å². The van der Waals surface area contributed by atoms with Crippen LogP contribution in [0.1, 0.15) is 38.7 Å². The molecule has 0 bridgehead atoms. The molecule has 1 N–H and O–H groups in total. The van der Waals surface area contributed by atoms with Crippen LogP contribution in [-0.2, 0) is 10.3 Å². The van der Waals surface area contributed by atoms with Crippen LogP contribution in [0.25, 0.3) is 0 Å². The van der Waals surface area contributed by atoms with Crippen molar-refractivity contribution in [1.29, 1.82) is 0 Å². The monoisotopic (exact) mass is 284 g/mol. The van der Waals surface area contributed by atoms with Gasteiger partial charge in [-0.1, -0.05) is 18.5 Å². The zero-order valence-corrected chi connectivity index (χ0v) is 12.5. The van der Waals surface area contributed by atoms with Crippen molar-refractivity contribution in [3.63, 3.8) is 0 Å². The SMILES string of the molecule is CCC1(C)CC(O)(c2cc(Cl)ccc2OC)CCO1. The van der Waals surface area contributed by atoms with Gasteiger partial charge in [0.15, 0.2) is 0 Å². The van der Waals surface area contributed by atoms with Crippen LogP contribution in [0.4, 0.5) is 0 Å². The fourth-order valence-corrected chi connectivity index (χ4v) is 2.90. The molecule has 1 heterocycles. The zero-order valence-electron chi connectivity index (χ0n) is 11.7. The Kier molecular flexibility index (Phi) is 4.09. The minimum Gasteiger partial charge on any atom is -0.496 e. The maximum atomic E-state index is 11.0. The van der Waals surface area contributed by atoms with E-state index in [9.17, 15) is 5.11 Å². The van der Waals surface area contributed by atoms with E-state index >= 15 is 0 Å². The van der Waals surface area contributed by atoms with E-state index < -0.39 is 5.60 Å². The lowest BCUT2D eigenvalue weighted by Gasteiger charge is -2.43. The van der Waals surface area contributed by atoms with Crippen LogP contribution in [0.3, 0.4) is 0 Å². The largest absolute Gasteiger partial charge is 0.496 e. The van der Waals surface area contributed by atoms with E-state index in [-0.39, 0.29) is 5.60 Å². The first-order valence-electron chi connectivity index (χ1n) is 6.63. The molecule has 1 saturated heterocycles. The molecule has 0 aromatic heterocycles. The molecule has 0 amide bonds. The molecule has 2 atom stereocenters. The number of aliphatic hydroxyl groups is 1. The molecule has 3 nitrogen and oxygen atoms in total. The molecule has 19 heavy (non-hydrogen) atoms. The van der Waals surface area contributed by atoms with E-state index in [0.717, 1.165) is 12.0 Å². The summed E-state index contributed by atoms with van der Waals surface area (Å²) in [5.41, 5.74) is -0.495. The number of halogens is 1. The molecular weight excluding hydrogens is 264 g/mol. The maximum absolute atomic E-state index is 11.0. The molecule has 1 aromatic rings. The van der Waals surface area contributed by atoms with E-state index in [0.29, 0.717) is 30.2 Å². The summed E-state index contributed by atoms with van der Waals surface area (Å²) in [7, 11) is 1.61. The summed E-state index contributed by atoms with van der Waals surface area (Å²) >= 11 is 6.06. The normalized spacial score (nSPS) is 31.2. The Morgan fingerprint density at radius 3 is 2.84 bits per heavy atom. The second kappa shape index (κ2) is 5.31. The lowest BCUT2D eigenvalue weighted by Crippen LogP contribution is -2.45. The number of methoxy groups -OCH3 is 1. The summed E-state index contributed by atoms with van der Waals surface area (Å²) in [6, 6.07) is 5.36. The molecular formula is C15H21ClO3. The highest BCUT2D eigenvalue weighted by Crippen LogP contribution is 2.44. The molecule has 0 radical (unpaired) electrons. The Bertz CT molecular complexity index is 463. The van der Waals surface area contributed by atoms with Gasteiger partial charge in [-0.3, -0.25) is 0 Å². The Hall–Kier alpha value is -0.770. The molecule has 1 aromatic carbocycles. The van der Waals surface area contributed by atoms with Crippen LogP contribution in [0.2, 0.25) is 5.02 Å². The third-order valence-electron chi connectivity index (χ3n) is 4.04. The minimum atomic E-state index is -0.945. The molecule has 0 aliphatic carbocycles. The molecule has 0 spiro atoms. The van der Waals surface area contributed by atoms with Crippen molar-refractivity contribution in [1.82, 2.24) is 0 Å². The average molecular weight is 285 g/mol. The first kappa shape index (κ1) is 14.6.